The third-order valence-electron chi connectivity index (χ3n) is 2.70. The number of allylic oxidation sites excluding steroid dienone is 1. The van der Waals surface area contributed by atoms with Gasteiger partial charge in [0.25, 0.3) is 0 Å². The summed E-state index contributed by atoms with van der Waals surface area (Å²) in [5.41, 5.74) is 2.63. The van der Waals surface area contributed by atoms with Gasteiger partial charge in [-0.25, -0.2) is 0 Å². The SMILES string of the molecule is C=CC(=O)c1c(C)cc(OCCCC)cc1C. The molecule has 0 aromatic heterocycles. The van der Waals surface area contributed by atoms with Crippen molar-refractivity contribution in [3.63, 3.8) is 0 Å². The van der Waals surface area contributed by atoms with Crippen LogP contribution in [-0.2, 0) is 0 Å². The Labute approximate surface area is 103 Å². The van der Waals surface area contributed by atoms with Crippen LogP contribution in [0.1, 0.15) is 41.3 Å². The summed E-state index contributed by atoms with van der Waals surface area (Å²) < 4.78 is 5.64. The minimum absolute atomic E-state index is 0.0277. The molecular weight excluding hydrogens is 212 g/mol. The van der Waals surface area contributed by atoms with Crippen LogP contribution in [0.3, 0.4) is 0 Å². The monoisotopic (exact) mass is 232 g/mol. The highest BCUT2D eigenvalue weighted by Gasteiger charge is 2.10. The standard InChI is InChI=1S/C15H20O2/c1-5-7-8-17-13-9-11(3)15(12(4)10-13)14(16)6-2/h6,9-10H,2,5,7-8H2,1,3-4H3. The maximum absolute atomic E-state index is 11.7. The summed E-state index contributed by atoms with van der Waals surface area (Å²) in [7, 11) is 0. The van der Waals surface area contributed by atoms with E-state index in [-0.39, 0.29) is 5.78 Å². The first-order chi connectivity index (χ1) is 8.10. The van der Waals surface area contributed by atoms with Crippen LogP contribution in [0.25, 0.3) is 0 Å². The molecule has 0 saturated carbocycles. The van der Waals surface area contributed by atoms with E-state index >= 15 is 0 Å². The van der Waals surface area contributed by atoms with Crippen molar-refractivity contribution in [3.8, 4) is 5.75 Å². The molecule has 2 heteroatoms. The fraction of sp³-hybridized carbons (Fsp3) is 0.400. The van der Waals surface area contributed by atoms with Gasteiger partial charge in [0.15, 0.2) is 5.78 Å². The molecule has 1 rings (SSSR count). The maximum Gasteiger partial charge on any atom is 0.185 e. The molecule has 0 radical (unpaired) electrons. The van der Waals surface area contributed by atoms with Gasteiger partial charge in [0.05, 0.1) is 6.61 Å². The lowest BCUT2D eigenvalue weighted by Crippen LogP contribution is -2.03. The lowest BCUT2D eigenvalue weighted by molar-refractivity contribution is 0.104. The molecule has 0 N–H and O–H groups in total. The van der Waals surface area contributed by atoms with Crippen LogP contribution in [0, 0.1) is 13.8 Å². The van der Waals surface area contributed by atoms with E-state index in [0.29, 0.717) is 0 Å². The molecule has 0 heterocycles. The van der Waals surface area contributed by atoms with Crippen molar-refractivity contribution in [1.82, 2.24) is 0 Å². The molecule has 0 aliphatic heterocycles. The predicted octanol–water partition coefficient (Wildman–Crippen LogP) is 3.85. The normalized spacial score (nSPS) is 10.1. The number of hydrogen-bond acceptors (Lipinski definition) is 2. The van der Waals surface area contributed by atoms with Gasteiger partial charge in [0.2, 0.25) is 0 Å². The van der Waals surface area contributed by atoms with Gasteiger partial charge in [-0.1, -0.05) is 19.9 Å². The lowest BCUT2D eigenvalue weighted by atomic mass is 9.98. The van der Waals surface area contributed by atoms with Gasteiger partial charge < -0.3 is 4.74 Å². The fourth-order valence-corrected chi connectivity index (χ4v) is 1.83. The number of carbonyl (C=O) groups is 1. The maximum atomic E-state index is 11.7. The third kappa shape index (κ3) is 3.45. The number of ketones is 1. The van der Waals surface area contributed by atoms with Crippen molar-refractivity contribution in [2.24, 2.45) is 0 Å². The topological polar surface area (TPSA) is 26.3 Å². The zero-order chi connectivity index (χ0) is 12.8. The highest BCUT2D eigenvalue weighted by Crippen LogP contribution is 2.22. The minimum atomic E-state index is -0.0277. The second-order valence-corrected chi connectivity index (χ2v) is 4.20. The number of unbranched alkanes of at least 4 members (excludes halogenated alkanes) is 1. The van der Waals surface area contributed by atoms with Crippen LogP contribution in [0.4, 0.5) is 0 Å². The molecule has 0 fully saturated rings. The molecule has 0 aliphatic carbocycles. The zero-order valence-electron chi connectivity index (χ0n) is 10.9. The molecule has 0 bridgehead atoms. The van der Waals surface area contributed by atoms with E-state index in [9.17, 15) is 4.79 Å². The number of carbonyl (C=O) groups excluding carboxylic acids is 1. The van der Waals surface area contributed by atoms with Gasteiger partial charge in [-0.2, -0.15) is 0 Å². The van der Waals surface area contributed by atoms with Crippen LogP contribution in [0.2, 0.25) is 0 Å². The number of aryl methyl sites for hydroxylation is 2. The number of benzene rings is 1. The molecule has 0 aliphatic rings. The smallest absolute Gasteiger partial charge is 0.185 e. The second-order valence-electron chi connectivity index (χ2n) is 4.20. The van der Waals surface area contributed by atoms with E-state index in [2.05, 4.69) is 13.5 Å². The van der Waals surface area contributed by atoms with E-state index in [4.69, 9.17) is 4.74 Å². The zero-order valence-corrected chi connectivity index (χ0v) is 10.9. The Balaban J connectivity index is 2.93. The molecule has 92 valence electrons. The predicted molar refractivity (Wildman–Crippen MR) is 70.8 cm³/mol. The van der Waals surface area contributed by atoms with Gasteiger partial charge in [-0.05, 0) is 49.6 Å². The summed E-state index contributed by atoms with van der Waals surface area (Å²) in [5, 5.41) is 0. The molecule has 17 heavy (non-hydrogen) atoms. The van der Waals surface area contributed by atoms with Crippen molar-refractivity contribution in [1.29, 1.82) is 0 Å². The van der Waals surface area contributed by atoms with Crippen molar-refractivity contribution in [3.05, 3.63) is 41.5 Å². The summed E-state index contributed by atoms with van der Waals surface area (Å²) >= 11 is 0. The van der Waals surface area contributed by atoms with Gasteiger partial charge in [0.1, 0.15) is 5.75 Å². The summed E-state index contributed by atoms with van der Waals surface area (Å²) in [6.45, 7) is 10.2. The summed E-state index contributed by atoms with van der Waals surface area (Å²) in [6.07, 6.45) is 3.52. The van der Waals surface area contributed by atoms with Crippen molar-refractivity contribution < 1.29 is 9.53 Å². The van der Waals surface area contributed by atoms with Gasteiger partial charge in [0, 0.05) is 5.56 Å². The summed E-state index contributed by atoms with van der Waals surface area (Å²) in [4.78, 5) is 11.7. The molecule has 0 saturated heterocycles. The molecule has 1 aromatic carbocycles. The Morgan fingerprint density at radius 2 is 1.94 bits per heavy atom. The first-order valence-electron chi connectivity index (χ1n) is 6.01. The highest BCUT2D eigenvalue weighted by molar-refractivity contribution is 6.06. The van der Waals surface area contributed by atoms with Crippen molar-refractivity contribution in [2.45, 2.75) is 33.6 Å². The van der Waals surface area contributed by atoms with E-state index < -0.39 is 0 Å². The third-order valence-corrected chi connectivity index (χ3v) is 2.70. The Bertz CT molecular complexity index is 396. The highest BCUT2D eigenvalue weighted by atomic mass is 16.5. The molecule has 0 spiro atoms. The lowest BCUT2D eigenvalue weighted by Gasteiger charge is -2.11. The van der Waals surface area contributed by atoms with Crippen LogP contribution in [0.5, 0.6) is 5.75 Å². The van der Waals surface area contributed by atoms with E-state index in [1.54, 1.807) is 0 Å². The summed E-state index contributed by atoms with van der Waals surface area (Å²) in [6, 6.07) is 3.83. The Kier molecular flexibility index (Phi) is 4.95. The second kappa shape index (κ2) is 6.24. The van der Waals surface area contributed by atoms with Crippen LogP contribution in [0.15, 0.2) is 24.8 Å². The number of rotatable bonds is 6. The van der Waals surface area contributed by atoms with E-state index in [1.807, 2.05) is 26.0 Å². The molecule has 0 atom stereocenters. The minimum Gasteiger partial charge on any atom is -0.494 e. The summed E-state index contributed by atoms with van der Waals surface area (Å²) in [5.74, 6) is 0.814. The largest absolute Gasteiger partial charge is 0.494 e. The van der Waals surface area contributed by atoms with Crippen LogP contribution < -0.4 is 4.74 Å². The van der Waals surface area contributed by atoms with Crippen molar-refractivity contribution >= 4 is 5.78 Å². The van der Waals surface area contributed by atoms with Crippen LogP contribution in [-0.4, -0.2) is 12.4 Å². The molecule has 2 nitrogen and oxygen atoms in total. The number of hydrogen-bond donors (Lipinski definition) is 0. The molecule has 0 amide bonds. The molecule has 1 aromatic rings. The Morgan fingerprint density at radius 1 is 1.35 bits per heavy atom. The Morgan fingerprint density at radius 3 is 2.41 bits per heavy atom. The van der Waals surface area contributed by atoms with E-state index in [0.717, 1.165) is 41.9 Å². The Hall–Kier alpha value is -1.57. The first-order valence-corrected chi connectivity index (χ1v) is 6.01. The average molecular weight is 232 g/mol. The first kappa shape index (κ1) is 13.5. The number of ether oxygens (including phenoxy) is 1. The van der Waals surface area contributed by atoms with E-state index in [1.165, 1.54) is 6.08 Å². The average Bonchev–Trinajstić information content (AvgIpc) is 2.28. The van der Waals surface area contributed by atoms with Crippen molar-refractivity contribution in [2.75, 3.05) is 6.61 Å². The van der Waals surface area contributed by atoms with Gasteiger partial charge >= 0.3 is 0 Å². The quantitative estimate of drug-likeness (QED) is 0.423. The fourth-order valence-electron chi connectivity index (χ4n) is 1.83. The van der Waals surface area contributed by atoms with Gasteiger partial charge in [-0.3, -0.25) is 4.79 Å². The molecular formula is C15H20O2. The van der Waals surface area contributed by atoms with Crippen LogP contribution >= 0.6 is 0 Å². The van der Waals surface area contributed by atoms with Gasteiger partial charge in [-0.15, -0.1) is 0 Å². The molecule has 0 unspecified atom stereocenters.